The number of benzene rings is 2. The van der Waals surface area contributed by atoms with Gasteiger partial charge in [-0.15, -0.1) is 0 Å². The van der Waals surface area contributed by atoms with E-state index in [1.54, 1.807) is 43.5 Å². The molecule has 162 valence electrons. The molecule has 0 aliphatic carbocycles. The van der Waals surface area contributed by atoms with E-state index in [1.165, 1.54) is 6.08 Å². The minimum Gasteiger partial charge on any atom is -0.493 e. The molecule has 0 aromatic heterocycles. The highest BCUT2D eigenvalue weighted by Crippen LogP contribution is 2.29. The van der Waals surface area contributed by atoms with Gasteiger partial charge in [0.1, 0.15) is 0 Å². The summed E-state index contributed by atoms with van der Waals surface area (Å²) >= 11 is 0. The predicted molar refractivity (Wildman–Crippen MR) is 119 cm³/mol. The topological polar surface area (TPSA) is 93.7 Å². The van der Waals surface area contributed by atoms with E-state index >= 15 is 0 Å². The third kappa shape index (κ3) is 8.16. The summed E-state index contributed by atoms with van der Waals surface area (Å²) in [6.07, 6.45) is 4.21. The van der Waals surface area contributed by atoms with Gasteiger partial charge in [-0.3, -0.25) is 9.52 Å². The number of rotatable bonds is 10. The zero-order valence-corrected chi connectivity index (χ0v) is 18.5. The molecule has 0 aliphatic rings. The van der Waals surface area contributed by atoms with Gasteiger partial charge in [-0.25, -0.2) is 8.42 Å². The van der Waals surface area contributed by atoms with Gasteiger partial charge in [-0.1, -0.05) is 32.0 Å². The Bertz CT molecular complexity index is 1000. The maximum absolute atomic E-state index is 12.1. The first-order valence-corrected chi connectivity index (χ1v) is 11.4. The highest BCUT2D eigenvalue weighted by Gasteiger charge is 2.07. The van der Waals surface area contributed by atoms with Crippen molar-refractivity contribution in [3.05, 3.63) is 59.7 Å². The lowest BCUT2D eigenvalue weighted by molar-refractivity contribution is -0.116. The van der Waals surface area contributed by atoms with Gasteiger partial charge in [0.25, 0.3) is 0 Å². The molecule has 0 aliphatic heterocycles. The Morgan fingerprint density at radius 3 is 2.57 bits per heavy atom. The molecule has 0 unspecified atom stereocenters. The van der Waals surface area contributed by atoms with E-state index in [0.717, 1.165) is 17.4 Å². The smallest absolute Gasteiger partial charge is 0.244 e. The number of anilines is 1. The fourth-order valence-corrected chi connectivity index (χ4v) is 3.10. The summed E-state index contributed by atoms with van der Waals surface area (Å²) in [7, 11) is -1.78. The molecule has 2 N–H and O–H groups in total. The van der Waals surface area contributed by atoms with Crippen molar-refractivity contribution in [2.24, 2.45) is 5.92 Å². The first-order valence-electron chi connectivity index (χ1n) is 9.50. The Morgan fingerprint density at radius 1 is 1.13 bits per heavy atom. The van der Waals surface area contributed by atoms with Crippen molar-refractivity contribution in [1.82, 2.24) is 5.32 Å². The van der Waals surface area contributed by atoms with Crippen molar-refractivity contribution < 1.29 is 22.7 Å². The van der Waals surface area contributed by atoms with Gasteiger partial charge >= 0.3 is 0 Å². The molecule has 0 fully saturated rings. The second kappa shape index (κ2) is 10.7. The maximum Gasteiger partial charge on any atom is 0.244 e. The minimum absolute atomic E-state index is 0.268. The third-order valence-corrected chi connectivity index (χ3v) is 4.49. The number of carbonyl (C=O) groups excluding carboxylic acids is 1. The van der Waals surface area contributed by atoms with Crippen molar-refractivity contribution >= 4 is 27.7 Å². The lowest BCUT2D eigenvalue weighted by Crippen LogP contribution is -2.20. The number of sulfonamides is 1. The molecule has 0 spiro atoms. The standard InChI is InChI=1S/C22H28N2O5S/c1-16(2)15-29-20-10-8-17(13-21(20)28-3)9-11-22(25)23-14-18-6-5-7-19(12-18)24-30(4,26)27/h5-13,16,24H,14-15H2,1-4H3,(H,23,25)/b11-9+. The maximum atomic E-state index is 12.1. The zero-order valence-electron chi connectivity index (χ0n) is 17.6. The van der Waals surface area contributed by atoms with Crippen LogP contribution >= 0.6 is 0 Å². The molecule has 0 radical (unpaired) electrons. The molecular formula is C22H28N2O5S. The quantitative estimate of drug-likeness (QED) is 0.561. The molecule has 0 bridgehead atoms. The van der Waals surface area contributed by atoms with E-state index in [1.807, 2.05) is 12.1 Å². The molecule has 2 rings (SSSR count). The van der Waals surface area contributed by atoms with Crippen molar-refractivity contribution in [3.63, 3.8) is 0 Å². The number of methoxy groups -OCH3 is 1. The van der Waals surface area contributed by atoms with Crippen molar-refractivity contribution in [1.29, 1.82) is 0 Å². The van der Waals surface area contributed by atoms with E-state index < -0.39 is 10.0 Å². The number of carbonyl (C=O) groups is 1. The number of amides is 1. The Hall–Kier alpha value is -3.00. The van der Waals surface area contributed by atoms with Gasteiger partial charge in [-0.05, 0) is 47.4 Å². The first-order chi connectivity index (χ1) is 14.2. The second-order valence-corrected chi connectivity index (χ2v) is 8.99. The highest BCUT2D eigenvalue weighted by atomic mass is 32.2. The number of hydrogen-bond acceptors (Lipinski definition) is 5. The fourth-order valence-electron chi connectivity index (χ4n) is 2.54. The van der Waals surface area contributed by atoms with Crippen LogP contribution in [0, 0.1) is 5.92 Å². The lowest BCUT2D eigenvalue weighted by atomic mass is 10.1. The van der Waals surface area contributed by atoms with Gasteiger partial charge in [0, 0.05) is 18.3 Å². The summed E-state index contributed by atoms with van der Waals surface area (Å²) in [5.41, 5.74) is 2.03. The van der Waals surface area contributed by atoms with Crippen LogP contribution in [0.5, 0.6) is 11.5 Å². The fraction of sp³-hybridized carbons (Fsp3) is 0.318. The summed E-state index contributed by atoms with van der Waals surface area (Å²) in [5, 5.41) is 2.77. The summed E-state index contributed by atoms with van der Waals surface area (Å²) in [6.45, 7) is 5.00. The monoisotopic (exact) mass is 432 g/mol. The molecule has 0 saturated carbocycles. The van der Waals surface area contributed by atoms with Crippen LogP contribution in [0.1, 0.15) is 25.0 Å². The van der Waals surface area contributed by atoms with E-state index in [9.17, 15) is 13.2 Å². The first kappa shape index (κ1) is 23.3. The SMILES string of the molecule is COc1cc(/C=C/C(=O)NCc2cccc(NS(C)(=O)=O)c2)ccc1OCC(C)C. The molecule has 8 heteroatoms. The lowest BCUT2D eigenvalue weighted by Gasteiger charge is -2.12. The molecule has 30 heavy (non-hydrogen) atoms. The zero-order chi connectivity index (χ0) is 22.1. The normalized spacial score (nSPS) is 11.5. The number of ether oxygens (including phenoxy) is 2. The predicted octanol–water partition coefficient (Wildman–Crippen LogP) is 3.43. The van der Waals surface area contributed by atoms with Crippen molar-refractivity contribution in [2.45, 2.75) is 20.4 Å². The van der Waals surface area contributed by atoms with Gasteiger partial charge in [0.2, 0.25) is 15.9 Å². The van der Waals surface area contributed by atoms with Crippen LogP contribution in [-0.2, 0) is 21.4 Å². The minimum atomic E-state index is -3.35. The van der Waals surface area contributed by atoms with Crippen LogP contribution < -0.4 is 19.5 Å². The van der Waals surface area contributed by atoms with Crippen LogP contribution in [-0.4, -0.2) is 34.3 Å². The Morgan fingerprint density at radius 2 is 1.90 bits per heavy atom. The molecule has 2 aromatic rings. The third-order valence-electron chi connectivity index (χ3n) is 3.88. The molecule has 0 saturated heterocycles. The molecule has 1 amide bonds. The van der Waals surface area contributed by atoms with Crippen molar-refractivity contribution in [2.75, 3.05) is 24.7 Å². The molecular weight excluding hydrogens is 404 g/mol. The van der Waals surface area contributed by atoms with E-state index in [-0.39, 0.29) is 12.5 Å². The van der Waals surface area contributed by atoms with Crippen LogP contribution in [0.15, 0.2) is 48.5 Å². The Labute approximate surface area is 178 Å². The summed E-state index contributed by atoms with van der Waals surface area (Å²) in [4.78, 5) is 12.1. The largest absolute Gasteiger partial charge is 0.493 e. The second-order valence-electron chi connectivity index (χ2n) is 7.24. The average molecular weight is 433 g/mol. The molecule has 0 atom stereocenters. The average Bonchev–Trinajstić information content (AvgIpc) is 2.68. The van der Waals surface area contributed by atoms with Crippen LogP contribution in [0.3, 0.4) is 0 Å². The Kier molecular flexibility index (Phi) is 8.29. The van der Waals surface area contributed by atoms with Crippen molar-refractivity contribution in [3.8, 4) is 11.5 Å². The van der Waals surface area contributed by atoms with Gasteiger partial charge in [-0.2, -0.15) is 0 Å². The van der Waals surface area contributed by atoms with E-state index in [4.69, 9.17) is 9.47 Å². The van der Waals surface area contributed by atoms with Crippen LogP contribution in [0.2, 0.25) is 0 Å². The van der Waals surface area contributed by atoms with Gasteiger partial charge in [0.05, 0.1) is 20.0 Å². The Balaban J connectivity index is 1.95. The van der Waals surface area contributed by atoms with Gasteiger partial charge < -0.3 is 14.8 Å². The molecule has 7 nitrogen and oxygen atoms in total. The highest BCUT2D eigenvalue weighted by molar-refractivity contribution is 7.92. The number of hydrogen-bond donors (Lipinski definition) is 2. The van der Waals surface area contributed by atoms with E-state index in [0.29, 0.717) is 29.7 Å². The molecule has 2 aromatic carbocycles. The molecule has 0 heterocycles. The summed E-state index contributed by atoms with van der Waals surface area (Å²) < 4.78 is 36.2. The van der Waals surface area contributed by atoms with Crippen LogP contribution in [0.25, 0.3) is 6.08 Å². The van der Waals surface area contributed by atoms with E-state index in [2.05, 4.69) is 23.9 Å². The number of nitrogens with one attached hydrogen (secondary N) is 2. The van der Waals surface area contributed by atoms with Gasteiger partial charge in [0.15, 0.2) is 11.5 Å². The summed E-state index contributed by atoms with van der Waals surface area (Å²) in [6, 6.07) is 12.3. The van der Waals surface area contributed by atoms with Crippen LogP contribution in [0.4, 0.5) is 5.69 Å². The summed E-state index contributed by atoms with van der Waals surface area (Å²) in [5.74, 6) is 1.40.